The molecule has 0 radical (unpaired) electrons. The van der Waals surface area contributed by atoms with E-state index < -0.39 is 13.0 Å². The van der Waals surface area contributed by atoms with Crippen molar-refractivity contribution >= 4 is 13.0 Å². The van der Waals surface area contributed by atoms with Gasteiger partial charge in [-0.2, -0.15) is 0 Å². The molecule has 5 heteroatoms. The Morgan fingerprint density at radius 1 is 1.78 bits per heavy atom. The molecule has 0 saturated heterocycles. The van der Waals surface area contributed by atoms with E-state index in [1.54, 1.807) is 7.05 Å². The van der Waals surface area contributed by atoms with Crippen LogP contribution in [0.2, 0.25) is 6.82 Å². The van der Waals surface area contributed by atoms with Crippen LogP contribution in [0.15, 0.2) is 0 Å². The summed E-state index contributed by atoms with van der Waals surface area (Å²) < 4.78 is 0. The molecule has 0 fully saturated rings. The zero-order valence-electron chi connectivity index (χ0n) is 5.53. The summed E-state index contributed by atoms with van der Waals surface area (Å²) in [7, 11) is 0.847. The summed E-state index contributed by atoms with van der Waals surface area (Å²) in [4.78, 5) is 11.3. The summed E-state index contributed by atoms with van der Waals surface area (Å²) >= 11 is 0. The molecule has 0 spiro atoms. The minimum Gasteiger partial charge on any atom is -0.480 e. The lowest BCUT2D eigenvalue weighted by Crippen LogP contribution is -2.37. The monoisotopic (exact) mass is 131 g/mol. The molecule has 0 saturated carbocycles. The van der Waals surface area contributed by atoms with Crippen LogP contribution in [0.3, 0.4) is 0 Å². The summed E-state index contributed by atoms with van der Waals surface area (Å²) in [5.41, 5.74) is 0. The van der Waals surface area contributed by atoms with Gasteiger partial charge < -0.3 is 14.9 Å². The van der Waals surface area contributed by atoms with Crippen molar-refractivity contribution in [3.8, 4) is 0 Å². The summed E-state index contributed by atoms with van der Waals surface area (Å²) in [5.74, 6) is -0.932. The molecule has 9 heavy (non-hydrogen) atoms. The molecule has 2 N–H and O–H groups in total. The van der Waals surface area contributed by atoms with Crippen molar-refractivity contribution in [1.29, 1.82) is 0 Å². The topological polar surface area (TPSA) is 60.8 Å². The second-order valence-electron chi connectivity index (χ2n) is 1.94. The van der Waals surface area contributed by atoms with E-state index >= 15 is 0 Å². The Balaban J connectivity index is 3.50. The van der Waals surface area contributed by atoms with Crippen molar-refractivity contribution in [3.63, 3.8) is 0 Å². The largest absolute Gasteiger partial charge is 0.480 e. The van der Waals surface area contributed by atoms with Crippen LogP contribution in [0.25, 0.3) is 0 Å². The number of rotatable bonds is 3. The molecule has 0 aliphatic heterocycles. The molecule has 0 aliphatic rings. The van der Waals surface area contributed by atoms with Gasteiger partial charge in [0.2, 0.25) is 0 Å². The third kappa shape index (κ3) is 3.99. The lowest BCUT2D eigenvalue weighted by Gasteiger charge is -2.12. The number of carboxylic acid groups (broad SMARTS) is 1. The van der Waals surface area contributed by atoms with Crippen LogP contribution in [-0.4, -0.2) is 41.6 Å². The second-order valence-corrected chi connectivity index (χ2v) is 1.94. The van der Waals surface area contributed by atoms with Crippen LogP contribution in [0.5, 0.6) is 0 Å². The first kappa shape index (κ1) is 8.45. The number of carbonyl (C=O) groups is 1. The van der Waals surface area contributed by atoms with E-state index in [0.29, 0.717) is 0 Å². The second kappa shape index (κ2) is 3.47. The smallest absolute Gasteiger partial charge is 0.376 e. The predicted molar refractivity (Wildman–Crippen MR) is 34.1 cm³/mol. The number of nitrogens with zero attached hydrogens (tertiary/aromatic N) is 1. The van der Waals surface area contributed by atoms with E-state index in [1.165, 1.54) is 11.6 Å². The molecule has 0 unspecified atom stereocenters. The lowest BCUT2D eigenvalue weighted by atomic mass is 9.86. The first-order valence-electron chi connectivity index (χ1n) is 2.64. The number of hydrogen-bond acceptors (Lipinski definition) is 3. The van der Waals surface area contributed by atoms with E-state index in [0.717, 1.165) is 0 Å². The first-order chi connectivity index (χ1) is 4.04. The molecular weight excluding hydrogens is 121 g/mol. The number of likely N-dealkylation sites (N-methyl/N-ethyl adjacent to an activating group) is 1. The lowest BCUT2D eigenvalue weighted by molar-refractivity contribution is -0.137. The summed E-state index contributed by atoms with van der Waals surface area (Å²) in [5, 5.41) is 16.9. The van der Waals surface area contributed by atoms with Crippen LogP contribution in [-0.2, 0) is 4.79 Å². The van der Waals surface area contributed by atoms with Gasteiger partial charge in [0.05, 0.1) is 6.54 Å². The Morgan fingerprint density at radius 2 is 2.22 bits per heavy atom. The van der Waals surface area contributed by atoms with E-state index in [1.807, 2.05) is 0 Å². The molecule has 0 rings (SSSR count). The van der Waals surface area contributed by atoms with Crippen molar-refractivity contribution in [3.05, 3.63) is 0 Å². The molecule has 0 bridgehead atoms. The molecule has 0 amide bonds. The normalized spacial score (nSPS) is 9.78. The Kier molecular flexibility index (Phi) is 3.26. The number of aliphatic carboxylic acids is 1. The third-order valence-corrected chi connectivity index (χ3v) is 1.02. The minimum atomic E-state index is -0.932. The fourth-order valence-electron chi connectivity index (χ4n) is 0.345. The molecule has 4 nitrogen and oxygen atoms in total. The standard InChI is InChI=1S/C4H10BNO3/c1-5(9)6(2)3-4(7)8/h9H,3H2,1-2H3,(H,7,8). The van der Waals surface area contributed by atoms with Crippen molar-refractivity contribution in [1.82, 2.24) is 4.81 Å². The van der Waals surface area contributed by atoms with Crippen molar-refractivity contribution in [2.75, 3.05) is 13.6 Å². The van der Waals surface area contributed by atoms with Gasteiger partial charge in [0.15, 0.2) is 0 Å². The summed E-state index contributed by atoms with van der Waals surface area (Å²) in [6.07, 6.45) is 0. The van der Waals surface area contributed by atoms with Gasteiger partial charge in [-0.25, -0.2) is 0 Å². The van der Waals surface area contributed by atoms with Gasteiger partial charge in [0.1, 0.15) is 0 Å². The molecule has 0 aliphatic carbocycles. The molecule has 0 aromatic carbocycles. The van der Waals surface area contributed by atoms with E-state index in [-0.39, 0.29) is 6.54 Å². The van der Waals surface area contributed by atoms with E-state index in [2.05, 4.69) is 0 Å². The zero-order valence-corrected chi connectivity index (χ0v) is 5.53. The maximum Gasteiger partial charge on any atom is 0.376 e. The SMILES string of the molecule is CB(O)N(C)CC(=O)O. The molecule has 0 aromatic rings. The van der Waals surface area contributed by atoms with Crippen LogP contribution in [0, 0.1) is 0 Å². The fourth-order valence-corrected chi connectivity index (χ4v) is 0.345. The molecule has 52 valence electrons. The Morgan fingerprint density at radius 3 is 2.33 bits per heavy atom. The van der Waals surface area contributed by atoms with Crippen LogP contribution in [0.1, 0.15) is 0 Å². The highest BCUT2D eigenvalue weighted by Gasteiger charge is 2.12. The Labute approximate surface area is 54.2 Å². The van der Waals surface area contributed by atoms with Gasteiger partial charge in [-0.1, -0.05) is 0 Å². The van der Waals surface area contributed by atoms with Crippen molar-refractivity contribution < 1.29 is 14.9 Å². The zero-order chi connectivity index (χ0) is 7.44. The highest BCUT2D eigenvalue weighted by atomic mass is 16.4. The van der Waals surface area contributed by atoms with E-state index in [9.17, 15) is 4.79 Å². The van der Waals surface area contributed by atoms with Gasteiger partial charge in [-0.15, -0.1) is 0 Å². The molecule has 0 aromatic heterocycles. The first-order valence-corrected chi connectivity index (χ1v) is 2.64. The predicted octanol–water partition coefficient (Wildman–Crippen LogP) is -0.887. The van der Waals surface area contributed by atoms with Gasteiger partial charge in [0.25, 0.3) is 0 Å². The van der Waals surface area contributed by atoms with Gasteiger partial charge in [0, 0.05) is 0 Å². The van der Waals surface area contributed by atoms with Crippen LogP contribution >= 0.6 is 0 Å². The highest BCUT2D eigenvalue weighted by molar-refractivity contribution is 6.45. The van der Waals surface area contributed by atoms with Crippen molar-refractivity contribution in [2.24, 2.45) is 0 Å². The Hall–Kier alpha value is -0.545. The third-order valence-electron chi connectivity index (χ3n) is 1.02. The van der Waals surface area contributed by atoms with Crippen LogP contribution < -0.4 is 0 Å². The maximum atomic E-state index is 9.96. The average Bonchev–Trinajstić information content (AvgIpc) is 1.63. The number of carboxylic acids is 1. The van der Waals surface area contributed by atoms with Crippen LogP contribution in [0.4, 0.5) is 0 Å². The van der Waals surface area contributed by atoms with Gasteiger partial charge in [-0.05, 0) is 13.9 Å². The molecule has 0 heterocycles. The summed E-state index contributed by atoms with van der Waals surface area (Å²) in [6.45, 7) is 1.39. The maximum absolute atomic E-state index is 9.96. The minimum absolute atomic E-state index is 0.127. The van der Waals surface area contributed by atoms with E-state index in [4.69, 9.17) is 10.1 Å². The summed E-state index contributed by atoms with van der Waals surface area (Å²) in [6, 6.07) is 0. The highest BCUT2D eigenvalue weighted by Crippen LogP contribution is 1.83. The quantitative estimate of drug-likeness (QED) is 0.488. The Bertz CT molecular complexity index is 106. The number of hydrogen-bond donors (Lipinski definition) is 2. The fraction of sp³-hybridized carbons (Fsp3) is 0.750. The van der Waals surface area contributed by atoms with Gasteiger partial charge in [-0.3, -0.25) is 4.79 Å². The van der Waals surface area contributed by atoms with Gasteiger partial charge >= 0.3 is 13.0 Å². The van der Waals surface area contributed by atoms with Crippen molar-refractivity contribution in [2.45, 2.75) is 6.82 Å². The molecule has 0 atom stereocenters. The average molecular weight is 131 g/mol. The molecular formula is C4H10BNO3.